The molecule has 1 aromatic rings. The molecule has 0 saturated carbocycles. The molecule has 0 bridgehead atoms. The molecule has 0 saturated heterocycles. The van der Waals surface area contributed by atoms with E-state index in [9.17, 15) is 14.9 Å². The minimum absolute atomic E-state index is 0.0936. The number of nitrogens with zero attached hydrogens (tertiary/aromatic N) is 2. The van der Waals surface area contributed by atoms with Gasteiger partial charge < -0.3 is 5.32 Å². The van der Waals surface area contributed by atoms with E-state index in [0.29, 0.717) is 6.54 Å². The van der Waals surface area contributed by atoms with E-state index in [4.69, 9.17) is 0 Å². The van der Waals surface area contributed by atoms with Crippen molar-refractivity contribution in [2.24, 2.45) is 0 Å². The largest absolute Gasteiger partial charge is 0.345 e. The summed E-state index contributed by atoms with van der Waals surface area (Å²) in [7, 11) is 0. The van der Waals surface area contributed by atoms with Crippen molar-refractivity contribution in [3.05, 3.63) is 16.3 Å². The second-order valence-corrected chi connectivity index (χ2v) is 4.00. The predicted molar refractivity (Wildman–Crippen MR) is 60.7 cm³/mol. The summed E-state index contributed by atoms with van der Waals surface area (Å²) in [6, 6.07) is -0.391. The number of carbonyl (C=O) groups excluding carboxylic acids is 1. The number of hydrogen-bond acceptors (Lipinski definition) is 5. The molecule has 1 aromatic heterocycles. The highest BCUT2D eigenvalue weighted by atomic mass is 32.1. The molecule has 2 amide bonds. The van der Waals surface area contributed by atoms with E-state index >= 15 is 0 Å². The van der Waals surface area contributed by atoms with E-state index < -0.39 is 11.0 Å². The van der Waals surface area contributed by atoms with Crippen LogP contribution >= 0.6 is 11.3 Å². The number of rotatable bonds is 5. The molecule has 0 atom stereocenters. The highest BCUT2D eigenvalue weighted by Crippen LogP contribution is 2.24. The topological polar surface area (TPSA) is 97.2 Å². The number of nitro groups is 1. The third kappa shape index (κ3) is 3.81. The minimum Gasteiger partial charge on any atom is -0.338 e. The molecule has 16 heavy (non-hydrogen) atoms. The first kappa shape index (κ1) is 12.4. The third-order valence-corrected chi connectivity index (χ3v) is 2.57. The number of hydrogen-bond donors (Lipinski definition) is 2. The maximum atomic E-state index is 11.2. The van der Waals surface area contributed by atoms with Crippen LogP contribution in [0.1, 0.15) is 19.8 Å². The Morgan fingerprint density at radius 3 is 3.00 bits per heavy atom. The van der Waals surface area contributed by atoms with Crippen LogP contribution in [0.15, 0.2) is 6.20 Å². The molecule has 0 radical (unpaired) electrons. The number of urea groups is 1. The van der Waals surface area contributed by atoms with E-state index in [1.165, 1.54) is 0 Å². The van der Waals surface area contributed by atoms with Crippen LogP contribution in [-0.2, 0) is 0 Å². The van der Waals surface area contributed by atoms with Crippen molar-refractivity contribution in [1.82, 2.24) is 10.3 Å². The molecule has 7 nitrogen and oxygen atoms in total. The molecule has 88 valence electrons. The Morgan fingerprint density at radius 2 is 2.44 bits per heavy atom. The maximum absolute atomic E-state index is 11.2. The van der Waals surface area contributed by atoms with Gasteiger partial charge in [-0.3, -0.25) is 15.4 Å². The van der Waals surface area contributed by atoms with Crippen molar-refractivity contribution in [1.29, 1.82) is 0 Å². The van der Waals surface area contributed by atoms with Crippen molar-refractivity contribution in [3.8, 4) is 0 Å². The zero-order chi connectivity index (χ0) is 12.0. The summed E-state index contributed by atoms with van der Waals surface area (Å²) in [4.78, 5) is 24.8. The lowest BCUT2D eigenvalue weighted by molar-refractivity contribution is -0.380. The number of anilines is 1. The molecular weight excluding hydrogens is 232 g/mol. The van der Waals surface area contributed by atoms with Crippen LogP contribution in [0.3, 0.4) is 0 Å². The Hall–Kier alpha value is -1.70. The van der Waals surface area contributed by atoms with Gasteiger partial charge in [0.05, 0.1) is 4.92 Å². The van der Waals surface area contributed by atoms with Crippen LogP contribution in [0, 0.1) is 10.1 Å². The number of aromatic nitrogens is 1. The zero-order valence-electron chi connectivity index (χ0n) is 8.73. The van der Waals surface area contributed by atoms with Crippen molar-refractivity contribution >= 4 is 27.5 Å². The van der Waals surface area contributed by atoms with Gasteiger partial charge in [-0.1, -0.05) is 13.3 Å². The number of carbonyl (C=O) groups is 1. The molecule has 1 rings (SSSR count). The molecule has 0 aromatic carbocycles. The lowest BCUT2D eigenvalue weighted by Gasteiger charge is -2.03. The van der Waals surface area contributed by atoms with Crippen molar-refractivity contribution < 1.29 is 9.72 Å². The first-order valence-electron chi connectivity index (χ1n) is 4.78. The number of unbranched alkanes of at least 4 members (excludes halogenated alkanes) is 1. The summed E-state index contributed by atoms with van der Waals surface area (Å²) in [6.45, 7) is 2.60. The number of nitrogens with one attached hydrogen (secondary N) is 2. The van der Waals surface area contributed by atoms with Gasteiger partial charge in [0.25, 0.3) is 0 Å². The normalized spacial score (nSPS) is 9.81. The van der Waals surface area contributed by atoms with Crippen LogP contribution < -0.4 is 10.6 Å². The van der Waals surface area contributed by atoms with Crippen molar-refractivity contribution in [2.75, 3.05) is 11.9 Å². The first-order chi connectivity index (χ1) is 7.63. The van der Waals surface area contributed by atoms with E-state index in [1.54, 1.807) is 0 Å². The van der Waals surface area contributed by atoms with E-state index in [1.807, 2.05) is 6.92 Å². The first-order valence-corrected chi connectivity index (χ1v) is 5.60. The Labute approximate surface area is 96.0 Å². The Balaban J connectivity index is 2.40. The van der Waals surface area contributed by atoms with Crippen LogP contribution in [0.25, 0.3) is 0 Å². The molecule has 0 aliphatic rings. The van der Waals surface area contributed by atoms with Gasteiger partial charge in [0.2, 0.25) is 0 Å². The monoisotopic (exact) mass is 244 g/mol. The van der Waals surface area contributed by atoms with E-state index in [-0.39, 0.29) is 10.1 Å². The van der Waals surface area contributed by atoms with Crippen molar-refractivity contribution in [3.63, 3.8) is 0 Å². The van der Waals surface area contributed by atoms with E-state index in [2.05, 4.69) is 15.6 Å². The second kappa shape index (κ2) is 6.01. The van der Waals surface area contributed by atoms with Gasteiger partial charge in [-0.25, -0.2) is 9.78 Å². The molecule has 0 unspecified atom stereocenters. The lowest BCUT2D eigenvalue weighted by Crippen LogP contribution is -2.29. The van der Waals surface area contributed by atoms with Gasteiger partial charge in [-0.15, -0.1) is 0 Å². The molecule has 0 aliphatic heterocycles. The summed E-state index contributed by atoms with van der Waals surface area (Å²) in [5.74, 6) is 0. The van der Waals surface area contributed by atoms with Gasteiger partial charge in [-0.2, -0.15) is 0 Å². The number of thiazole rings is 1. The number of amides is 2. The van der Waals surface area contributed by atoms with Crippen molar-refractivity contribution in [2.45, 2.75) is 19.8 Å². The fourth-order valence-electron chi connectivity index (χ4n) is 0.928. The fourth-order valence-corrected chi connectivity index (χ4v) is 1.55. The van der Waals surface area contributed by atoms with Gasteiger partial charge in [0.15, 0.2) is 5.13 Å². The molecule has 1 heterocycles. The highest BCUT2D eigenvalue weighted by Gasteiger charge is 2.12. The zero-order valence-corrected chi connectivity index (χ0v) is 9.54. The third-order valence-electron chi connectivity index (χ3n) is 1.71. The Kier molecular flexibility index (Phi) is 4.65. The quantitative estimate of drug-likeness (QED) is 0.470. The van der Waals surface area contributed by atoms with E-state index in [0.717, 1.165) is 30.4 Å². The van der Waals surface area contributed by atoms with Gasteiger partial charge in [0, 0.05) is 6.54 Å². The molecule has 0 spiro atoms. The SMILES string of the molecule is CCCCNC(=O)Nc1ncc([N+](=O)[O-])s1. The smallest absolute Gasteiger partial charge is 0.338 e. The summed E-state index contributed by atoms with van der Waals surface area (Å²) in [6.07, 6.45) is 3.00. The molecule has 0 aliphatic carbocycles. The lowest BCUT2D eigenvalue weighted by atomic mass is 10.3. The summed E-state index contributed by atoms with van der Waals surface area (Å²) in [5, 5.41) is 15.5. The molecule has 2 N–H and O–H groups in total. The van der Waals surface area contributed by atoms with Gasteiger partial charge in [-0.05, 0) is 17.8 Å². The standard InChI is InChI=1S/C8H12N4O3S/c1-2-3-4-9-7(13)11-8-10-5-6(16-8)12(14)15/h5H,2-4H2,1H3,(H2,9,10,11,13). The molecule has 0 fully saturated rings. The Morgan fingerprint density at radius 1 is 1.69 bits per heavy atom. The summed E-state index contributed by atoms with van der Waals surface area (Å²) in [5.41, 5.74) is 0. The summed E-state index contributed by atoms with van der Waals surface area (Å²) < 4.78 is 0. The minimum atomic E-state index is -0.544. The van der Waals surface area contributed by atoms with Crippen LogP contribution in [0.2, 0.25) is 0 Å². The van der Waals surface area contributed by atoms with Gasteiger partial charge in [0.1, 0.15) is 6.20 Å². The summed E-state index contributed by atoms with van der Waals surface area (Å²) >= 11 is 0.826. The second-order valence-electron chi connectivity index (χ2n) is 3.00. The Bertz CT molecular complexity index is 379. The average molecular weight is 244 g/mol. The van der Waals surface area contributed by atoms with Crippen LogP contribution in [-0.4, -0.2) is 22.5 Å². The molecular formula is C8H12N4O3S. The fraction of sp³-hybridized carbons (Fsp3) is 0.500. The highest BCUT2D eigenvalue weighted by molar-refractivity contribution is 7.18. The maximum Gasteiger partial charge on any atom is 0.345 e. The van der Waals surface area contributed by atoms with Crippen LogP contribution in [0.4, 0.5) is 14.9 Å². The average Bonchev–Trinajstić information content (AvgIpc) is 2.66. The molecule has 8 heteroatoms. The van der Waals surface area contributed by atoms with Crippen LogP contribution in [0.5, 0.6) is 0 Å². The van der Waals surface area contributed by atoms with Gasteiger partial charge >= 0.3 is 11.0 Å². The predicted octanol–water partition coefficient (Wildman–Crippen LogP) is 1.97.